The van der Waals surface area contributed by atoms with E-state index in [1.165, 1.54) is 5.56 Å². The van der Waals surface area contributed by atoms with Crippen molar-refractivity contribution >= 4 is 0 Å². The smallest absolute Gasteiger partial charge is 0.0985 e. The van der Waals surface area contributed by atoms with Crippen molar-refractivity contribution in [2.45, 2.75) is 18.8 Å². The highest BCUT2D eigenvalue weighted by atomic mass is 16.5. The molecular weight excluding hydrogens is 178 g/mol. The average molecular weight is 193 g/mol. The van der Waals surface area contributed by atoms with E-state index in [0.717, 1.165) is 0 Å². The van der Waals surface area contributed by atoms with Crippen molar-refractivity contribution in [1.82, 2.24) is 0 Å². The van der Waals surface area contributed by atoms with E-state index in [0.29, 0.717) is 19.8 Å². The van der Waals surface area contributed by atoms with Gasteiger partial charge in [0.2, 0.25) is 0 Å². The predicted molar refractivity (Wildman–Crippen MR) is 53.8 cm³/mol. The van der Waals surface area contributed by atoms with Gasteiger partial charge in [-0.2, -0.15) is 0 Å². The lowest BCUT2D eigenvalue weighted by Crippen LogP contribution is -2.34. The van der Waals surface area contributed by atoms with E-state index in [1.807, 2.05) is 30.3 Å². The summed E-state index contributed by atoms with van der Waals surface area (Å²) in [4.78, 5) is 0. The molecule has 0 bridgehead atoms. The summed E-state index contributed by atoms with van der Waals surface area (Å²) < 4.78 is 10.9. The zero-order chi connectivity index (χ0) is 9.80. The van der Waals surface area contributed by atoms with Crippen molar-refractivity contribution in [2.24, 2.45) is 5.73 Å². The van der Waals surface area contributed by atoms with E-state index in [2.05, 4.69) is 0 Å². The minimum atomic E-state index is 0.0266. The van der Waals surface area contributed by atoms with Crippen LogP contribution in [0.25, 0.3) is 0 Å². The molecule has 1 aliphatic rings. The van der Waals surface area contributed by atoms with E-state index in [9.17, 15) is 0 Å². The number of hydrogen-bond acceptors (Lipinski definition) is 3. The van der Waals surface area contributed by atoms with Gasteiger partial charge in [0, 0.05) is 0 Å². The third kappa shape index (κ3) is 2.32. The van der Waals surface area contributed by atoms with Crippen LogP contribution in [0, 0.1) is 0 Å². The topological polar surface area (TPSA) is 44.5 Å². The highest BCUT2D eigenvalue weighted by molar-refractivity contribution is 5.13. The molecule has 2 N–H and O–H groups in total. The van der Waals surface area contributed by atoms with Crippen molar-refractivity contribution in [2.75, 3.05) is 13.2 Å². The third-order valence-electron chi connectivity index (χ3n) is 2.38. The summed E-state index contributed by atoms with van der Waals surface area (Å²) in [7, 11) is 0. The molecule has 1 saturated heterocycles. The normalized spacial score (nSPS) is 26.6. The van der Waals surface area contributed by atoms with E-state index >= 15 is 0 Å². The molecule has 3 heteroatoms. The standard InChI is InChI=1S/C11H15NO2/c12-10-7-13-8-11(10)14-6-9-4-2-1-3-5-9/h1-5,10-11H,6-8,12H2/t10-,11+/m0/s1. The van der Waals surface area contributed by atoms with Crippen molar-refractivity contribution < 1.29 is 9.47 Å². The maximum absolute atomic E-state index is 5.79. The van der Waals surface area contributed by atoms with Crippen molar-refractivity contribution in [1.29, 1.82) is 0 Å². The Morgan fingerprint density at radius 3 is 2.71 bits per heavy atom. The predicted octanol–water partition coefficient (Wildman–Crippen LogP) is 0.929. The van der Waals surface area contributed by atoms with E-state index in [4.69, 9.17) is 15.2 Å². The maximum Gasteiger partial charge on any atom is 0.0985 e. The van der Waals surface area contributed by atoms with Gasteiger partial charge < -0.3 is 15.2 Å². The molecule has 1 heterocycles. The van der Waals surface area contributed by atoms with Gasteiger partial charge >= 0.3 is 0 Å². The number of rotatable bonds is 3. The molecule has 0 aromatic heterocycles. The van der Waals surface area contributed by atoms with Gasteiger partial charge in [-0.05, 0) is 5.56 Å². The van der Waals surface area contributed by atoms with Gasteiger partial charge in [0.15, 0.2) is 0 Å². The van der Waals surface area contributed by atoms with Crippen LogP contribution in [0.1, 0.15) is 5.56 Å². The largest absolute Gasteiger partial charge is 0.377 e. The molecule has 0 aliphatic carbocycles. The lowest BCUT2D eigenvalue weighted by atomic mass is 10.2. The maximum atomic E-state index is 5.79. The highest BCUT2D eigenvalue weighted by Crippen LogP contribution is 2.10. The molecule has 0 spiro atoms. The fourth-order valence-electron chi connectivity index (χ4n) is 1.50. The Labute approximate surface area is 83.8 Å². The lowest BCUT2D eigenvalue weighted by Gasteiger charge is -2.14. The van der Waals surface area contributed by atoms with Crippen LogP contribution in [-0.4, -0.2) is 25.4 Å². The molecule has 1 aromatic carbocycles. The minimum absolute atomic E-state index is 0.0266. The Kier molecular flexibility index (Phi) is 3.14. The van der Waals surface area contributed by atoms with Crippen LogP contribution in [0.3, 0.4) is 0 Å². The summed E-state index contributed by atoms with van der Waals surface area (Å²) in [5.74, 6) is 0. The molecular formula is C11H15NO2. The van der Waals surface area contributed by atoms with Gasteiger partial charge in [0.05, 0.1) is 32.0 Å². The third-order valence-corrected chi connectivity index (χ3v) is 2.38. The van der Waals surface area contributed by atoms with E-state index < -0.39 is 0 Å². The molecule has 1 fully saturated rings. The number of benzene rings is 1. The summed E-state index contributed by atoms with van der Waals surface area (Å²) in [5.41, 5.74) is 6.97. The second-order valence-electron chi connectivity index (χ2n) is 3.54. The number of ether oxygens (including phenoxy) is 2. The zero-order valence-corrected chi connectivity index (χ0v) is 8.06. The molecule has 14 heavy (non-hydrogen) atoms. The van der Waals surface area contributed by atoms with Gasteiger partial charge in [-0.15, -0.1) is 0 Å². The Balaban J connectivity index is 1.82. The molecule has 0 unspecified atom stereocenters. The molecule has 76 valence electrons. The van der Waals surface area contributed by atoms with Crippen molar-refractivity contribution in [3.8, 4) is 0 Å². The Bertz CT molecular complexity index is 276. The summed E-state index contributed by atoms with van der Waals surface area (Å²) in [6.07, 6.45) is 0.0511. The average Bonchev–Trinajstić information content (AvgIpc) is 2.63. The van der Waals surface area contributed by atoms with E-state index in [-0.39, 0.29) is 12.1 Å². The SMILES string of the molecule is N[C@H]1COC[C@H]1OCc1ccccc1. The van der Waals surface area contributed by atoms with Crippen LogP contribution in [0.5, 0.6) is 0 Å². The quantitative estimate of drug-likeness (QED) is 0.776. The van der Waals surface area contributed by atoms with Gasteiger partial charge in [0.1, 0.15) is 0 Å². The Morgan fingerprint density at radius 2 is 2.07 bits per heavy atom. The highest BCUT2D eigenvalue weighted by Gasteiger charge is 2.25. The summed E-state index contributed by atoms with van der Waals surface area (Å²) in [5, 5.41) is 0. The first kappa shape index (κ1) is 9.65. The van der Waals surface area contributed by atoms with Crippen LogP contribution in [0.15, 0.2) is 30.3 Å². The first-order valence-corrected chi connectivity index (χ1v) is 4.85. The van der Waals surface area contributed by atoms with Gasteiger partial charge in [-0.1, -0.05) is 30.3 Å². The van der Waals surface area contributed by atoms with Gasteiger partial charge in [0.25, 0.3) is 0 Å². The van der Waals surface area contributed by atoms with E-state index in [1.54, 1.807) is 0 Å². The Morgan fingerprint density at radius 1 is 1.29 bits per heavy atom. The first-order chi connectivity index (χ1) is 6.86. The molecule has 0 radical (unpaired) electrons. The Hall–Kier alpha value is -0.900. The van der Waals surface area contributed by atoms with Gasteiger partial charge in [-0.25, -0.2) is 0 Å². The zero-order valence-electron chi connectivity index (χ0n) is 8.06. The monoisotopic (exact) mass is 193 g/mol. The fourth-order valence-corrected chi connectivity index (χ4v) is 1.50. The second kappa shape index (κ2) is 4.55. The molecule has 0 saturated carbocycles. The molecule has 0 amide bonds. The molecule has 1 aliphatic heterocycles. The molecule has 2 rings (SSSR count). The summed E-state index contributed by atoms with van der Waals surface area (Å²) >= 11 is 0. The molecule has 2 atom stereocenters. The van der Waals surface area contributed by atoms with Crippen molar-refractivity contribution in [3.05, 3.63) is 35.9 Å². The van der Waals surface area contributed by atoms with Crippen LogP contribution in [0.2, 0.25) is 0 Å². The lowest BCUT2D eigenvalue weighted by molar-refractivity contribution is 0.0265. The second-order valence-corrected chi connectivity index (χ2v) is 3.54. The summed E-state index contributed by atoms with van der Waals surface area (Å²) in [6, 6.07) is 10.1. The van der Waals surface area contributed by atoms with Crippen LogP contribution in [-0.2, 0) is 16.1 Å². The molecule has 3 nitrogen and oxygen atoms in total. The van der Waals surface area contributed by atoms with Gasteiger partial charge in [-0.3, -0.25) is 0 Å². The van der Waals surface area contributed by atoms with Crippen LogP contribution >= 0.6 is 0 Å². The fraction of sp³-hybridized carbons (Fsp3) is 0.455. The van der Waals surface area contributed by atoms with Crippen molar-refractivity contribution in [3.63, 3.8) is 0 Å². The number of hydrogen-bond donors (Lipinski definition) is 1. The summed E-state index contributed by atoms with van der Waals surface area (Å²) in [6.45, 7) is 1.84. The molecule has 1 aromatic rings. The first-order valence-electron chi connectivity index (χ1n) is 4.85. The number of nitrogens with two attached hydrogens (primary N) is 1. The van der Waals surface area contributed by atoms with Crippen LogP contribution in [0.4, 0.5) is 0 Å². The minimum Gasteiger partial charge on any atom is -0.377 e. The van der Waals surface area contributed by atoms with Crippen LogP contribution < -0.4 is 5.73 Å².